The molecule has 0 bridgehead atoms. The van der Waals surface area contributed by atoms with E-state index in [-0.39, 0.29) is 34.3 Å². The topological polar surface area (TPSA) is 52.5 Å². The first-order chi connectivity index (χ1) is 8.58. The first-order valence-electron chi connectivity index (χ1n) is 5.54. The molecule has 0 saturated heterocycles. The number of nitrogens with zero attached hydrogens (tertiary/aromatic N) is 1. The van der Waals surface area contributed by atoms with Crippen LogP contribution in [-0.2, 0) is 0 Å². The molecule has 108 valence electrons. The van der Waals surface area contributed by atoms with Gasteiger partial charge in [-0.1, -0.05) is 28.1 Å². The summed E-state index contributed by atoms with van der Waals surface area (Å²) < 4.78 is 3.83. The SMILES string of the molecule is CC(C(=O)c1ccc(Br)cc1)[n+]1cccc(Br)c1.O.[Br-]. The molecule has 0 aliphatic heterocycles. The number of halogens is 3. The maximum atomic E-state index is 12.3. The van der Waals surface area contributed by atoms with E-state index >= 15 is 0 Å². The van der Waals surface area contributed by atoms with E-state index in [1.807, 2.05) is 60.3 Å². The summed E-state index contributed by atoms with van der Waals surface area (Å²) in [6.07, 6.45) is 3.80. The van der Waals surface area contributed by atoms with Gasteiger partial charge in [0.15, 0.2) is 12.4 Å². The predicted octanol–water partition coefficient (Wildman–Crippen LogP) is 0.122. The number of benzene rings is 1. The second-order valence-electron chi connectivity index (χ2n) is 4.02. The second kappa shape index (κ2) is 8.67. The van der Waals surface area contributed by atoms with E-state index in [0.29, 0.717) is 0 Å². The molecule has 6 heteroatoms. The third-order valence-electron chi connectivity index (χ3n) is 2.74. The van der Waals surface area contributed by atoms with Crippen molar-refractivity contribution in [1.29, 1.82) is 0 Å². The van der Waals surface area contributed by atoms with E-state index in [0.717, 1.165) is 14.5 Å². The highest BCUT2D eigenvalue weighted by Gasteiger charge is 2.23. The molecule has 0 radical (unpaired) electrons. The van der Waals surface area contributed by atoms with Crippen LogP contribution >= 0.6 is 31.9 Å². The zero-order chi connectivity index (χ0) is 13.1. The molecule has 1 heterocycles. The molecule has 0 spiro atoms. The highest BCUT2D eigenvalue weighted by atomic mass is 79.9. The largest absolute Gasteiger partial charge is 1.00 e. The Hall–Kier alpha value is -0.560. The average molecular weight is 468 g/mol. The van der Waals surface area contributed by atoms with Gasteiger partial charge in [-0.2, -0.15) is 4.57 Å². The van der Waals surface area contributed by atoms with Crippen molar-refractivity contribution in [2.75, 3.05) is 0 Å². The summed E-state index contributed by atoms with van der Waals surface area (Å²) in [4.78, 5) is 12.3. The molecule has 2 N–H and O–H groups in total. The number of aromatic nitrogens is 1. The molecule has 0 amide bonds. The van der Waals surface area contributed by atoms with E-state index in [1.165, 1.54) is 0 Å². The van der Waals surface area contributed by atoms with Gasteiger partial charge in [-0.25, -0.2) is 0 Å². The van der Waals surface area contributed by atoms with Gasteiger partial charge < -0.3 is 22.5 Å². The maximum absolute atomic E-state index is 12.3. The minimum absolute atomic E-state index is 0. The summed E-state index contributed by atoms with van der Waals surface area (Å²) >= 11 is 6.77. The molecular formula is C14H14Br3NO2. The van der Waals surface area contributed by atoms with Gasteiger partial charge in [0, 0.05) is 23.0 Å². The van der Waals surface area contributed by atoms with Crippen molar-refractivity contribution in [3.8, 4) is 0 Å². The van der Waals surface area contributed by atoms with Gasteiger partial charge in [0.25, 0.3) is 0 Å². The zero-order valence-electron chi connectivity index (χ0n) is 10.7. The number of ketones is 1. The van der Waals surface area contributed by atoms with Gasteiger partial charge in [0.05, 0.1) is 4.47 Å². The Labute approximate surface area is 145 Å². The fourth-order valence-electron chi connectivity index (χ4n) is 1.69. The van der Waals surface area contributed by atoms with Crippen molar-refractivity contribution in [3.63, 3.8) is 0 Å². The molecule has 2 rings (SSSR count). The Bertz CT molecular complexity index is 573. The van der Waals surface area contributed by atoms with E-state index in [4.69, 9.17) is 0 Å². The van der Waals surface area contributed by atoms with Crippen LogP contribution in [0.3, 0.4) is 0 Å². The maximum Gasteiger partial charge on any atom is 0.230 e. The van der Waals surface area contributed by atoms with Gasteiger partial charge in [-0.15, -0.1) is 0 Å². The van der Waals surface area contributed by atoms with Crippen molar-refractivity contribution >= 4 is 37.6 Å². The number of hydrogen-bond donors (Lipinski definition) is 0. The number of carbonyl (C=O) groups is 1. The van der Waals surface area contributed by atoms with Gasteiger partial charge in [0.2, 0.25) is 11.8 Å². The summed E-state index contributed by atoms with van der Waals surface area (Å²) in [5.74, 6) is 0.102. The quantitative estimate of drug-likeness (QED) is 0.467. The number of hydrogen-bond acceptors (Lipinski definition) is 1. The first kappa shape index (κ1) is 19.4. The van der Waals surface area contributed by atoms with Crippen molar-refractivity contribution in [2.45, 2.75) is 13.0 Å². The molecule has 1 unspecified atom stereocenters. The third kappa shape index (κ3) is 4.77. The normalized spacial score (nSPS) is 10.9. The molecule has 0 fully saturated rings. The monoisotopic (exact) mass is 465 g/mol. The lowest BCUT2D eigenvalue weighted by Crippen LogP contribution is -3.00. The molecule has 20 heavy (non-hydrogen) atoms. The molecule has 0 aliphatic rings. The summed E-state index contributed by atoms with van der Waals surface area (Å²) in [5, 5.41) is 0. The number of Topliss-reactive ketones (excluding diaryl/α,β-unsaturated/α-hetero) is 1. The van der Waals surface area contributed by atoms with Crippen LogP contribution in [0, 0.1) is 0 Å². The zero-order valence-corrected chi connectivity index (χ0v) is 15.4. The molecule has 3 nitrogen and oxygen atoms in total. The van der Waals surface area contributed by atoms with Crippen molar-refractivity contribution in [2.24, 2.45) is 0 Å². The fourth-order valence-corrected chi connectivity index (χ4v) is 2.35. The highest BCUT2D eigenvalue weighted by molar-refractivity contribution is 9.10. The van der Waals surface area contributed by atoms with E-state index in [9.17, 15) is 4.79 Å². The lowest BCUT2D eigenvalue weighted by molar-refractivity contribution is -0.705. The molecule has 1 atom stereocenters. The van der Waals surface area contributed by atoms with Crippen LogP contribution in [0.2, 0.25) is 0 Å². The van der Waals surface area contributed by atoms with Gasteiger partial charge in [0.1, 0.15) is 0 Å². The number of carbonyl (C=O) groups excluding carboxylic acids is 1. The predicted molar refractivity (Wildman–Crippen MR) is 81.1 cm³/mol. The van der Waals surface area contributed by atoms with Crippen molar-refractivity contribution in [3.05, 3.63) is 63.3 Å². The summed E-state index contributed by atoms with van der Waals surface area (Å²) in [6, 6.07) is 11.1. The Kier molecular flexibility index (Phi) is 8.42. The standard InChI is InChI=1S/C14H12Br2NO.BrH.H2O/c1-10(17-8-2-3-13(16)9-17)14(18)11-4-6-12(15)7-5-11;;/h2-10H,1H3;1H;1H2/q+1;;/p-1. The molecule has 2 aromatic rings. The number of rotatable bonds is 3. The molecule has 0 aliphatic carbocycles. The third-order valence-corrected chi connectivity index (χ3v) is 3.74. The Morgan fingerprint density at radius 1 is 1.10 bits per heavy atom. The highest BCUT2D eigenvalue weighted by Crippen LogP contribution is 2.14. The Morgan fingerprint density at radius 2 is 1.70 bits per heavy atom. The fraction of sp³-hybridized carbons (Fsp3) is 0.143. The van der Waals surface area contributed by atoms with E-state index in [2.05, 4.69) is 31.9 Å². The lowest BCUT2D eigenvalue weighted by atomic mass is 10.1. The van der Waals surface area contributed by atoms with Crippen LogP contribution in [-0.4, -0.2) is 11.3 Å². The summed E-state index contributed by atoms with van der Waals surface area (Å²) in [7, 11) is 0. The molecule has 0 saturated carbocycles. The lowest BCUT2D eigenvalue weighted by Gasteiger charge is -2.06. The van der Waals surface area contributed by atoms with Crippen LogP contribution < -0.4 is 21.5 Å². The van der Waals surface area contributed by atoms with Gasteiger partial charge in [-0.3, -0.25) is 4.79 Å². The molecular weight excluding hydrogens is 454 g/mol. The van der Waals surface area contributed by atoms with Crippen LogP contribution in [0.25, 0.3) is 0 Å². The number of pyridine rings is 1. The van der Waals surface area contributed by atoms with E-state index in [1.54, 1.807) is 0 Å². The Morgan fingerprint density at radius 3 is 2.25 bits per heavy atom. The van der Waals surface area contributed by atoms with Crippen LogP contribution in [0.15, 0.2) is 57.7 Å². The molecule has 1 aromatic carbocycles. The first-order valence-corrected chi connectivity index (χ1v) is 7.12. The summed E-state index contributed by atoms with van der Waals surface area (Å²) in [6.45, 7) is 1.90. The minimum atomic E-state index is -0.219. The van der Waals surface area contributed by atoms with Crippen LogP contribution in [0.1, 0.15) is 23.3 Å². The molecule has 1 aromatic heterocycles. The summed E-state index contributed by atoms with van der Waals surface area (Å²) in [5.41, 5.74) is 0.721. The van der Waals surface area contributed by atoms with E-state index < -0.39 is 0 Å². The second-order valence-corrected chi connectivity index (χ2v) is 5.85. The van der Waals surface area contributed by atoms with Crippen molar-refractivity contribution in [1.82, 2.24) is 0 Å². The average Bonchev–Trinajstić information content (AvgIpc) is 2.38. The van der Waals surface area contributed by atoms with Gasteiger partial charge >= 0.3 is 0 Å². The smallest absolute Gasteiger partial charge is 0.230 e. The minimum Gasteiger partial charge on any atom is -1.00 e. The van der Waals surface area contributed by atoms with Crippen molar-refractivity contribution < 1.29 is 31.8 Å². The van der Waals surface area contributed by atoms with Crippen LogP contribution in [0.4, 0.5) is 0 Å². The van der Waals surface area contributed by atoms with Gasteiger partial charge in [-0.05, 0) is 34.1 Å². The van der Waals surface area contributed by atoms with Crippen LogP contribution in [0.5, 0.6) is 0 Å². The Balaban J connectivity index is 0.00000180.